The molecule has 1 aliphatic heterocycles. The standard InChI is InChI=1S/C11H9F5N2S/c1-2-4-3-19-11(17-4)18-10-8(15)6(13)5(12)7(14)9(10)16/h4H,2-3H2,1H3,(H,17,18). The molecule has 0 saturated carbocycles. The number of amidine groups is 1. The predicted octanol–water partition coefficient (Wildman–Crippen LogP) is 3.68. The van der Waals surface area contributed by atoms with Gasteiger partial charge in [0.05, 0.1) is 6.04 Å². The summed E-state index contributed by atoms with van der Waals surface area (Å²) in [5.74, 6) is -9.30. The molecule has 0 bridgehead atoms. The lowest BCUT2D eigenvalue weighted by Crippen LogP contribution is -2.13. The molecule has 0 spiro atoms. The van der Waals surface area contributed by atoms with Gasteiger partial charge in [0.15, 0.2) is 28.4 Å². The minimum absolute atomic E-state index is 0.0197. The van der Waals surface area contributed by atoms with Gasteiger partial charge in [0.2, 0.25) is 5.82 Å². The van der Waals surface area contributed by atoms with Gasteiger partial charge in [-0.1, -0.05) is 18.7 Å². The van der Waals surface area contributed by atoms with Crippen molar-refractivity contribution in [3.8, 4) is 0 Å². The summed E-state index contributed by atoms with van der Waals surface area (Å²) in [7, 11) is 0. The van der Waals surface area contributed by atoms with E-state index in [0.29, 0.717) is 5.75 Å². The monoisotopic (exact) mass is 296 g/mol. The number of hydrogen-bond acceptors (Lipinski definition) is 3. The lowest BCUT2D eigenvalue weighted by Gasteiger charge is -2.09. The zero-order valence-corrected chi connectivity index (χ0v) is 10.6. The molecule has 0 aliphatic carbocycles. The number of halogens is 5. The fraction of sp³-hybridized carbons (Fsp3) is 0.364. The van der Waals surface area contributed by atoms with Crippen LogP contribution in [0.2, 0.25) is 0 Å². The summed E-state index contributed by atoms with van der Waals surface area (Å²) in [5, 5.41) is 2.32. The Morgan fingerprint density at radius 2 is 1.58 bits per heavy atom. The van der Waals surface area contributed by atoms with E-state index in [1.54, 1.807) is 0 Å². The smallest absolute Gasteiger partial charge is 0.200 e. The van der Waals surface area contributed by atoms with Gasteiger partial charge in [-0.15, -0.1) is 0 Å². The second kappa shape index (κ2) is 5.36. The largest absolute Gasteiger partial charge is 0.330 e. The molecule has 0 fully saturated rings. The van der Waals surface area contributed by atoms with Crippen molar-refractivity contribution in [2.24, 2.45) is 4.99 Å². The minimum Gasteiger partial charge on any atom is -0.330 e. The number of thioether (sulfide) groups is 1. The molecule has 19 heavy (non-hydrogen) atoms. The van der Waals surface area contributed by atoms with Crippen molar-refractivity contribution in [1.29, 1.82) is 0 Å². The number of nitrogens with one attached hydrogen (secondary N) is 1. The lowest BCUT2D eigenvalue weighted by molar-refractivity contribution is 0.382. The van der Waals surface area contributed by atoms with E-state index in [9.17, 15) is 22.0 Å². The third-order valence-electron chi connectivity index (χ3n) is 2.63. The van der Waals surface area contributed by atoms with Crippen LogP contribution in [0.25, 0.3) is 0 Å². The molecular formula is C11H9F5N2S. The van der Waals surface area contributed by atoms with Gasteiger partial charge in [0.25, 0.3) is 0 Å². The molecule has 104 valence electrons. The van der Waals surface area contributed by atoms with Crippen molar-refractivity contribution in [3.05, 3.63) is 29.1 Å². The molecule has 2 rings (SSSR count). The highest BCUT2D eigenvalue weighted by molar-refractivity contribution is 8.14. The Balaban J connectivity index is 2.36. The first-order valence-electron chi connectivity index (χ1n) is 5.44. The van der Waals surface area contributed by atoms with Crippen LogP contribution in [0.3, 0.4) is 0 Å². The molecule has 1 aliphatic rings. The molecule has 1 unspecified atom stereocenters. The highest BCUT2D eigenvalue weighted by Crippen LogP contribution is 2.29. The van der Waals surface area contributed by atoms with Gasteiger partial charge in [0.1, 0.15) is 5.69 Å². The normalized spacial score (nSPS) is 18.6. The fourth-order valence-electron chi connectivity index (χ4n) is 1.51. The summed E-state index contributed by atoms with van der Waals surface area (Å²) in [4.78, 5) is 4.06. The van der Waals surface area contributed by atoms with E-state index < -0.39 is 34.8 Å². The van der Waals surface area contributed by atoms with Crippen molar-refractivity contribution in [2.45, 2.75) is 19.4 Å². The van der Waals surface area contributed by atoms with Crippen LogP contribution in [0.4, 0.5) is 27.6 Å². The van der Waals surface area contributed by atoms with E-state index in [2.05, 4.69) is 10.3 Å². The number of anilines is 1. The second-order valence-electron chi connectivity index (χ2n) is 3.88. The quantitative estimate of drug-likeness (QED) is 0.511. The van der Waals surface area contributed by atoms with E-state index in [1.165, 1.54) is 11.8 Å². The molecule has 8 heteroatoms. The number of aliphatic imine (C=N–C) groups is 1. The van der Waals surface area contributed by atoms with Gasteiger partial charge in [-0.25, -0.2) is 22.0 Å². The third kappa shape index (κ3) is 2.54. The average Bonchev–Trinajstić information content (AvgIpc) is 2.87. The Morgan fingerprint density at radius 3 is 2.05 bits per heavy atom. The first-order valence-corrected chi connectivity index (χ1v) is 6.43. The summed E-state index contributed by atoms with van der Waals surface area (Å²) in [6.45, 7) is 1.88. The van der Waals surface area contributed by atoms with Gasteiger partial charge in [-0.3, -0.25) is 4.99 Å². The molecular weight excluding hydrogens is 287 g/mol. The highest BCUT2D eigenvalue weighted by atomic mass is 32.2. The summed E-state index contributed by atoms with van der Waals surface area (Å²) in [6.07, 6.45) is 0.731. The van der Waals surface area contributed by atoms with Crippen molar-refractivity contribution in [2.75, 3.05) is 11.1 Å². The number of nitrogens with zero attached hydrogens (tertiary/aromatic N) is 1. The topological polar surface area (TPSA) is 24.4 Å². The van der Waals surface area contributed by atoms with Crippen LogP contribution < -0.4 is 5.32 Å². The van der Waals surface area contributed by atoms with Crippen LogP contribution in [-0.2, 0) is 0 Å². The van der Waals surface area contributed by atoms with E-state index in [0.717, 1.165) is 6.42 Å². The van der Waals surface area contributed by atoms with E-state index in [-0.39, 0.29) is 11.2 Å². The molecule has 0 radical (unpaired) electrons. The fourth-order valence-corrected chi connectivity index (χ4v) is 2.57. The predicted molar refractivity (Wildman–Crippen MR) is 63.8 cm³/mol. The van der Waals surface area contributed by atoms with Crippen LogP contribution in [0, 0.1) is 29.1 Å². The molecule has 1 N–H and O–H groups in total. The lowest BCUT2D eigenvalue weighted by atomic mass is 10.2. The Labute approximate surface area is 110 Å². The van der Waals surface area contributed by atoms with Gasteiger partial charge < -0.3 is 5.32 Å². The maximum Gasteiger partial charge on any atom is 0.200 e. The third-order valence-corrected chi connectivity index (χ3v) is 3.66. The van der Waals surface area contributed by atoms with E-state index in [1.807, 2.05) is 6.92 Å². The van der Waals surface area contributed by atoms with E-state index in [4.69, 9.17) is 0 Å². The van der Waals surface area contributed by atoms with Crippen LogP contribution in [-0.4, -0.2) is 17.0 Å². The Morgan fingerprint density at radius 1 is 1.05 bits per heavy atom. The summed E-state index contributed by atoms with van der Waals surface area (Å²) in [6, 6.07) is -0.0197. The average molecular weight is 296 g/mol. The van der Waals surface area contributed by atoms with Crippen LogP contribution in [0.5, 0.6) is 0 Å². The van der Waals surface area contributed by atoms with Crippen molar-refractivity contribution in [1.82, 2.24) is 0 Å². The summed E-state index contributed by atoms with van der Waals surface area (Å²) < 4.78 is 65.6. The maximum atomic E-state index is 13.4. The van der Waals surface area contributed by atoms with Crippen LogP contribution in [0.1, 0.15) is 13.3 Å². The van der Waals surface area contributed by atoms with Crippen molar-refractivity contribution < 1.29 is 22.0 Å². The zero-order valence-electron chi connectivity index (χ0n) is 9.74. The van der Waals surface area contributed by atoms with Crippen LogP contribution in [0.15, 0.2) is 4.99 Å². The number of rotatable bonds is 2. The van der Waals surface area contributed by atoms with E-state index >= 15 is 0 Å². The Hall–Kier alpha value is -1.31. The molecule has 0 amide bonds. The molecule has 1 atom stereocenters. The summed E-state index contributed by atoms with van der Waals surface area (Å²) in [5.41, 5.74) is -1.07. The second-order valence-corrected chi connectivity index (χ2v) is 4.89. The maximum absolute atomic E-state index is 13.4. The molecule has 0 aromatic heterocycles. The first kappa shape index (κ1) is 14.1. The molecule has 1 aromatic carbocycles. The van der Waals surface area contributed by atoms with Crippen molar-refractivity contribution >= 4 is 22.6 Å². The highest BCUT2D eigenvalue weighted by Gasteiger charge is 2.27. The number of benzene rings is 1. The zero-order chi connectivity index (χ0) is 14.2. The van der Waals surface area contributed by atoms with Gasteiger partial charge in [0, 0.05) is 5.75 Å². The SMILES string of the molecule is CCC1CSC(Nc2c(F)c(F)c(F)c(F)c2F)=N1. The summed E-state index contributed by atoms with van der Waals surface area (Å²) >= 11 is 1.17. The Bertz CT molecular complexity index is 517. The molecule has 2 nitrogen and oxygen atoms in total. The molecule has 1 heterocycles. The van der Waals surface area contributed by atoms with Crippen molar-refractivity contribution in [3.63, 3.8) is 0 Å². The first-order chi connectivity index (χ1) is 8.95. The van der Waals surface area contributed by atoms with Gasteiger partial charge in [-0.2, -0.15) is 0 Å². The van der Waals surface area contributed by atoms with Gasteiger partial charge in [-0.05, 0) is 6.42 Å². The minimum atomic E-state index is -2.17. The van der Waals surface area contributed by atoms with Gasteiger partial charge >= 0.3 is 0 Å². The molecule has 1 aromatic rings. The molecule has 0 saturated heterocycles. The Kier molecular flexibility index (Phi) is 3.98. The van der Waals surface area contributed by atoms with Crippen LogP contribution >= 0.6 is 11.8 Å². The number of hydrogen-bond donors (Lipinski definition) is 1.